The molecule has 0 bridgehead atoms. The Labute approximate surface area is 816 Å². The van der Waals surface area contributed by atoms with E-state index in [4.69, 9.17) is 33.0 Å². The van der Waals surface area contributed by atoms with Gasteiger partial charge in [0.1, 0.15) is 78.3 Å². The predicted molar refractivity (Wildman–Crippen MR) is 517 cm³/mol. The number of carboxylic acid groups (broad SMARTS) is 1. The standard InChI is InChI=1S/C95H128N26O21/c1-6-7-20-63(83(127)115-71(94(138)139)43-54-27-29-58(122)30-28-54)109-90(134)75-25-17-40-119(75)93(137)66(32-36-78(98)124)107-79(125)50-105-89(133)74-24-16-39-118(74)92(136)65(23-15-38-102-95(99)100)110-86(130)68(42-53(4)5)111-84(128)64(31-35-77(97)123)108-85(129)67(41-52(2)3)112-87(131)69(44-55-47-103-61-21-12-10-18-59(55)61)113-88(132)70(46-57-49-101-51-106-57)114-91(135)76(45-56-48-104-62-22-13-11-19-60(56)62)120(80(126)26-9-8-14-37-96)72-33-34-73(121(140)141)82-81(72)116-142-117-82/h10-13,18-19,21-22,27-30,33-34,47-49,51-53,63-71,74-76,103-104,122H,6-9,14-17,20,23-26,31-32,35-46,50,96H2,1-5H3,(H2,97,123)(H2,98,124)(H,101,106)(H,105,133)(H,107,125)(H,108,129)(H,109,134)(H,110,130)(H,111,128)(H,112,131)(H,113,132)(H,114,135)(H,115,127)(H,138,139)(H4,99,100,102)/t63-,64-,65-,66-,67-,68-,69-,70-,71-,74-,75-,76-/m0/s1. The average molecular weight is 1970 g/mol. The van der Waals surface area contributed by atoms with Gasteiger partial charge in [-0.1, -0.05) is 102 Å². The van der Waals surface area contributed by atoms with Gasteiger partial charge in [0.15, 0.2) is 11.5 Å². The van der Waals surface area contributed by atoms with Crippen LogP contribution >= 0.6 is 0 Å². The van der Waals surface area contributed by atoms with Crippen molar-refractivity contribution in [1.29, 1.82) is 5.41 Å². The van der Waals surface area contributed by atoms with Crippen LogP contribution in [0.4, 0.5) is 11.4 Å². The van der Waals surface area contributed by atoms with Gasteiger partial charge < -0.3 is 116 Å². The summed E-state index contributed by atoms with van der Waals surface area (Å²) in [6.07, 6.45) is 5.97. The van der Waals surface area contributed by atoms with Crippen LogP contribution in [0.15, 0.2) is 114 Å². The minimum atomic E-state index is -1.69. The highest BCUT2D eigenvalue weighted by atomic mass is 16.6. The van der Waals surface area contributed by atoms with E-state index in [0.29, 0.717) is 83.6 Å². The molecule has 6 heterocycles. The Morgan fingerprint density at radius 3 is 1.61 bits per heavy atom. The molecule has 0 spiro atoms. The van der Waals surface area contributed by atoms with Gasteiger partial charge in [-0.3, -0.25) is 92.3 Å². The van der Waals surface area contributed by atoms with Crippen molar-refractivity contribution in [3.8, 4) is 5.75 Å². The molecule has 2 aliphatic heterocycles. The number of nitrogens with two attached hydrogens (primary N) is 4. The molecule has 2 saturated heterocycles. The van der Waals surface area contributed by atoms with E-state index in [1.54, 1.807) is 88.6 Å². The van der Waals surface area contributed by atoms with Crippen molar-refractivity contribution >= 4 is 145 Å². The zero-order chi connectivity index (χ0) is 103. The Balaban J connectivity index is 0.849. The fourth-order valence-corrected chi connectivity index (χ4v) is 17.5. The molecule has 0 radical (unpaired) electrons. The molecule has 47 nitrogen and oxygen atoms in total. The van der Waals surface area contributed by atoms with Crippen molar-refractivity contribution in [3.05, 3.63) is 142 Å². The summed E-state index contributed by atoms with van der Waals surface area (Å²) in [5.41, 5.74) is 24.6. The Bertz CT molecular complexity index is 5800. The first-order valence-electron chi connectivity index (χ1n) is 47.7. The Kier molecular flexibility index (Phi) is 40.1. The van der Waals surface area contributed by atoms with Crippen LogP contribution in [0.25, 0.3) is 32.8 Å². The third-order valence-corrected chi connectivity index (χ3v) is 24.7. The smallest absolute Gasteiger partial charge is 0.326 e. The number of aromatic hydroxyl groups is 1. The van der Waals surface area contributed by atoms with Gasteiger partial charge in [-0.05, 0) is 159 Å². The van der Waals surface area contributed by atoms with Crippen molar-refractivity contribution in [3.63, 3.8) is 0 Å². The summed E-state index contributed by atoms with van der Waals surface area (Å²) in [5, 5.41) is 78.6. The molecule has 2 fully saturated rings. The lowest BCUT2D eigenvalue weighted by molar-refractivity contribution is -0.383. The molecule has 2 aliphatic rings. The first-order valence-corrected chi connectivity index (χ1v) is 47.7. The number of primary amides is 2. The molecule has 47 heteroatoms. The van der Waals surface area contributed by atoms with Crippen molar-refractivity contribution in [2.75, 3.05) is 37.6 Å². The summed E-state index contributed by atoms with van der Waals surface area (Å²) in [5.74, 6) is -15.7. The van der Waals surface area contributed by atoms with E-state index < -0.39 is 215 Å². The second-order valence-corrected chi connectivity index (χ2v) is 36.4. The number of likely N-dealkylation sites (tertiary alicyclic amines) is 2. The number of non-ortho nitro benzene ring substituents is 1. The number of amides is 15. The molecule has 764 valence electrons. The number of carbonyl (C=O) groups is 16. The summed E-state index contributed by atoms with van der Waals surface area (Å²) in [7, 11) is 0. The molecule has 10 rings (SSSR count). The SMILES string of the molecule is CCCC[C@H](NC(=O)[C@@H]1CCCN1C(=O)[C@H](CCC(N)=O)NC(=O)CNC(=O)[C@@H]1CCCN1C(=O)[C@H](CCCNC(=N)N)NC(=O)[C@H](CC(C)C)NC(=O)[C@H](CCC(N)=O)NC(=O)[C@H](CC(C)C)NC(=O)[C@H](Cc1c[nH]c2ccccc12)NC(=O)[C@H](Cc1c[nH]cn1)NC(=O)[C@H](Cc1c[nH]c2ccccc12)N(C(=O)CCCCCN)c1ccc([N+](=O)[O-])c2nonc12)C(=O)N[C@@H](Cc1ccc(O)cc1)C(=O)O. The van der Waals surface area contributed by atoms with Crippen LogP contribution < -0.4 is 86.3 Å². The molecule has 12 atom stereocenters. The number of benzene rings is 4. The fraction of sp³-hybridized carbons (Fsp3) is 0.495. The highest BCUT2D eigenvalue weighted by Crippen LogP contribution is 2.36. The summed E-state index contributed by atoms with van der Waals surface area (Å²) < 4.78 is 5.07. The number of carbonyl (C=O) groups excluding carboxylic acids is 15. The van der Waals surface area contributed by atoms with Gasteiger partial charge in [0.25, 0.3) is 0 Å². The number of rotatable bonds is 56. The topological polar surface area (TPSA) is 726 Å². The lowest BCUT2D eigenvalue weighted by Crippen LogP contribution is -2.61. The van der Waals surface area contributed by atoms with Gasteiger partial charge in [-0.25, -0.2) is 14.4 Å². The number of hydrogen-bond acceptors (Lipinski definition) is 25. The maximum Gasteiger partial charge on any atom is 0.326 e. The number of phenolic OH excluding ortho intramolecular Hbond substituents is 1. The number of carboxylic acids is 1. The third kappa shape index (κ3) is 30.8. The average Bonchev–Trinajstić information content (AvgIpc) is 1.49. The number of fused-ring (bicyclic) bond motifs is 3. The van der Waals surface area contributed by atoms with Crippen molar-refractivity contribution in [2.45, 2.75) is 255 Å². The van der Waals surface area contributed by atoms with Crippen LogP contribution in [0.2, 0.25) is 0 Å². The highest BCUT2D eigenvalue weighted by Gasteiger charge is 2.45. The zero-order valence-electron chi connectivity index (χ0n) is 79.9. The Morgan fingerprint density at radius 2 is 1.05 bits per heavy atom. The minimum absolute atomic E-state index is 0.00167. The lowest BCUT2D eigenvalue weighted by atomic mass is 9.99. The normalized spacial score (nSPS) is 15.6. The summed E-state index contributed by atoms with van der Waals surface area (Å²) in [4.78, 5) is 260. The molecule has 15 amide bonds. The Morgan fingerprint density at radius 1 is 0.542 bits per heavy atom. The van der Waals surface area contributed by atoms with Gasteiger partial charge in [-0.15, -0.1) is 0 Å². The number of imidazole rings is 1. The highest BCUT2D eigenvalue weighted by molar-refractivity contribution is 6.09. The number of aromatic nitrogens is 6. The van der Waals surface area contributed by atoms with E-state index in [-0.39, 0.29) is 144 Å². The number of phenols is 1. The van der Waals surface area contributed by atoms with E-state index >= 15 is 38.4 Å². The lowest BCUT2D eigenvalue weighted by Gasteiger charge is -2.32. The van der Waals surface area contributed by atoms with Gasteiger partial charge >= 0.3 is 11.7 Å². The number of nitro benzene ring substituents is 1. The van der Waals surface area contributed by atoms with E-state index in [2.05, 4.69) is 88.7 Å². The van der Waals surface area contributed by atoms with E-state index in [0.717, 1.165) is 11.0 Å². The number of nitro groups is 1. The van der Waals surface area contributed by atoms with Crippen molar-refractivity contribution in [2.24, 2.45) is 34.8 Å². The number of aromatic amines is 3. The van der Waals surface area contributed by atoms with Crippen LogP contribution in [0.5, 0.6) is 5.75 Å². The number of guanidine groups is 1. The monoisotopic (exact) mass is 1970 g/mol. The predicted octanol–water partition coefficient (Wildman–Crippen LogP) is 1.34. The fourth-order valence-electron chi connectivity index (χ4n) is 17.5. The molecule has 142 heavy (non-hydrogen) atoms. The molecule has 25 N–H and O–H groups in total. The summed E-state index contributed by atoms with van der Waals surface area (Å²) >= 11 is 0. The largest absolute Gasteiger partial charge is 0.508 e. The molecular formula is C95H128N26O21. The number of H-pyrrole nitrogens is 3. The van der Waals surface area contributed by atoms with E-state index in [1.807, 2.05) is 6.92 Å². The molecule has 0 aliphatic carbocycles. The van der Waals surface area contributed by atoms with Crippen LogP contribution in [-0.4, -0.2) is 261 Å². The third-order valence-electron chi connectivity index (χ3n) is 24.7. The molecular weight excluding hydrogens is 1840 g/mol. The van der Waals surface area contributed by atoms with Crippen LogP contribution in [-0.2, 0) is 102 Å². The van der Waals surface area contributed by atoms with E-state index in [1.165, 1.54) is 52.7 Å². The molecule has 0 unspecified atom stereocenters. The number of hydrogen-bond donors (Lipinski definition) is 21. The molecule has 4 aromatic heterocycles. The molecule has 4 aromatic carbocycles. The first-order chi connectivity index (χ1) is 67.9. The second kappa shape index (κ2) is 52.5. The van der Waals surface area contributed by atoms with Crippen molar-refractivity contribution < 1.29 is 96.5 Å². The maximum atomic E-state index is 15.9. The molecule has 8 aromatic rings. The number of nitrogens with zero attached hydrogens (tertiary/aromatic N) is 7. The number of unbranched alkanes of at least 4 members (excludes halogenated alkanes) is 3. The van der Waals surface area contributed by atoms with Gasteiger partial charge in [-0.2, -0.15) is 0 Å². The van der Waals surface area contributed by atoms with Crippen LogP contribution in [0.3, 0.4) is 0 Å². The summed E-state index contributed by atoms with van der Waals surface area (Å²) in [6.45, 7) is 8.28. The quantitative estimate of drug-likeness (QED) is 0.00840. The first kappa shape index (κ1) is 109. The van der Waals surface area contributed by atoms with Gasteiger partial charge in [0.05, 0.1) is 29.2 Å². The minimum Gasteiger partial charge on any atom is -0.508 e. The van der Waals surface area contributed by atoms with E-state index in [9.17, 15) is 58.7 Å². The number of para-hydroxylation sites is 2. The number of anilines is 1. The van der Waals surface area contributed by atoms with Crippen LogP contribution in [0, 0.1) is 27.4 Å². The van der Waals surface area contributed by atoms with Gasteiger partial charge in [0, 0.05) is 111 Å². The second-order valence-electron chi connectivity index (χ2n) is 36.4. The summed E-state index contributed by atoms with van der Waals surface area (Å²) in [6, 6.07) is 4.62. The zero-order valence-corrected chi connectivity index (χ0v) is 79.9. The number of aliphatic carboxylic acids is 1. The maximum absolute atomic E-state index is 15.9. The van der Waals surface area contributed by atoms with Crippen LogP contribution in [0.1, 0.15) is 179 Å². The Hall–Kier alpha value is -15.5. The van der Waals surface area contributed by atoms with Gasteiger partial charge in [0.2, 0.25) is 94.1 Å². The number of nitrogens with one attached hydrogen (secondary N) is 15. The van der Waals surface area contributed by atoms with Crippen molar-refractivity contribution in [1.82, 2.24) is 98.5 Å². The molecule has 0 saturated carbocycles.